The number of methoxy groups -OCH3 is 1. The number of hydrogen-bond donors (Lipinski definition) is 2. The Balaban J connectivity index is 0.00000289. The molecule has 18 heavy (non-hydrogen) atoms. The summed E-state index contributed by atoms with van der Waals surface area (Å²) in [5.41, 5.74) is 6.14. The lowest BCUT2D eigenvalue weighted by Gasteiger charge is -2.10. The van der Waals surface area contributed by atoms with Crippen molar-refractivity contribution >= 4 is 34.2 Å². The van der Waals surface area contributed by atoms with E-state index in [1.807, 2.05) is 13.0 Å². The molecule has 0 spiro atoms. The second-order valence-electron chi connectivity index (χ2n) is 3.87. The fourth-order valence-electron chi connectivity index (χ4n) is 1.36. The van der Waals surface area contributed by atoms with Gasteiger partial charge in [0, 0.05) is 17.1 Å². The highest BCUT2D eigenvalue weighted by atomic mass is 79.9. The zero-order valence-corrected chi connectivity index (χ0v) is 12.8. The van der Waals surface area contributed by atoms with Crippen LogP contribution in [0.15, 0.2) is 22.7 Å². The molecule has 0 radical (unpaired) electrons. The van der Waals surface area contributed by atoms with Crippen LogP contribution in [0.25, 0.3) is 0 Å². The second kappa shape index (κ2) is 8.34. The molecular formula is C12H18BrClN2O2. The van der Waals surface area contributed by atoms with Gasteiger partial charge in [-0.2, -0.15) is 0 Å². The van der Waals surface area contributed by atoms with E-state index in [0.29, 0.717) is 17.9 Å². The van der Waals surface area contributed by atoms with Crippen LogP contribution in [-0.2, 0) is 0 Å². The SMILES string of the molecule is COc1cc(Br)ccc1C(=O)NCCC(C)N.Cl. The van der Waals surface area contributed by atoms with Crippen molar-refractivity contribution in [2.75, 3.05) is 13.7 Å². The third-order valence-corrected chi connectivity index (χ3v) is 2.79. The zero-order chi connectivity index (χ0) is 12.8. The Kier molecular flexibility index (Phi) is 7.98. The number of hydrogen-bond acceptors (Lipinski definition) is 3. The maximum atomic E-state index is 11.9. The van der Waals surface area contributed by atoms with Gasteiger partial charge in [0.1, 0.15) is 5.75 Å². The highest BCUT2D eigenvalue weighted by Gasteiger charge is 2.11. The van der Waals surface area contributed by atoms with Crippen LogP contribution in [0.4, 0.5) is 0 Å². The molecule has 1 atom stereocenters. The van der Waals surface area contributed by atoms with Crippen LogP contribution < -0.4 is 15.8 Å². The standard InChI is InChI=1S/C12H17BrN2O2.ClH/c1-8(14)5-6-15-12(16)10-4-3-9(13)7-11(10)17-2;/h3-4,7-8H,5-6,14H2,1-2H3,(H,15,16);1H. The number of halogens is 2. The van der Waals surface area contributed by atoms with E-state index in [2.05, 4.69) is 21.2 Å². The van der Waals surface area contributed by atoms with Crippen LogP contribution >= 0.6 is 28.3 Å². The first-order valence-corrected chi connectivity index (χ1v) is 6.21. The summed E-state index contributed by atoms with van der Waals surface area (Å²) < 4.78 is 6.04. The van der Waals surface area contributed by atoms with Gasteiger partial charge in [0.05, 0.1) is 12.7 Å². The van der Waals surface area contributed by atoms with E-state index in [4.69, 9.17) is 10.5 Å². The summed E-state index contributed by atoms with van der Waals surface area (Å²) in [5.74, 6) is 0.410. The highest BCUT2D eigenvalue weighted by molar-refractivity contribution is 9.10. The van der Waals surface area contributed by atoms with Gasteiger partial charge in [-0.3, -0.25) is 4.79 Å². The Morgan fingerprint density at radius 3 is 2.78 bits per heavy atom. The van der Waals surface area contributed by atoms with Gasteiger partial charge >= 0.3 is 0 Å². The average molecular weight is 338 g/mol. The topological polar surface area (TPSA) is 64.3 Å². The van der Waals surface area contributed by atoms with Crippen molar-refractivity contribution in [3.8, 4) is 5.75 Å². The lowest BCUT2D eigenvalue weighted by atomic mass is 10.2. The van der Waals surface area contributed by atoms with Crippen molar-refractivity contribution < 1.29 is 9.53 Å². The van der Waals surface area contributed by atoms with E-state index < -0.39 is 0 Å². The summed E-state index contributed by atoms with van der Waals surface area (Å²) in [4.78, 5) is 11.9. The third kappa shape index (κ3) is 5.25. The lowest BCUT2D eigenvalue weighted by molar-refractivity contribution is 0.0950. The highest BCUT2D eigenvalue weighted by Crippen LogP contribution is 2.23. The minimum absolute atomic E-state index is 0. The van der Waals surface area contributed by atoms with Gasteiger partial charge in [0.15, 0.2) is 0 Å². The molecular weight excluding hydrogens is 320 g/mol. The fraction of sp³-hybridized carbons (Fsp3) is 0.417. The Labute approximate surface area is 122 Å². The van der Waals surface area contributed by atoms with Crippen molar-refractivity contribution in [2.45, 2.75) is 19.4 Å². The molecule has 0 heterocycles. The van der Waals surface area contributed by atoms with Gasteiger partial charge in [0.2, 0.25) is 0 Å². The Hall–Kier alpha value is -0.780. The lowest BCUT2D eigenvalue weighted by Crippen LogP contribution is -2.29. The first-order valence-electron chi connectivity index (χ1n) is 5.42. The van der Waals surface area contributed by atoms with E-state index >= 15 is 0 Å². The normalized spacial score (nSPS) is 11.3. The number of benzene rings is 1. The molecule has 3 N–H and O–H groups in total. The summed E-state index contributed by atoms with van der Waals surface area (Å²) in [6, 6.07) is 5.38. The summed E-state index contributed by atoms with van der Waals surface area (Å²) in [5, 5.41) is 2.81. The molecule has 1 rings (SSSR count). The molecule has 4 nitrogen and oxygen atoms in total. The molecule has 0 aromatic heterocycles. The molecule has 0 aliphatic carbocycles. The van der Waals surface area contributed by atoms with Crippen LogP contribution in [0.3, 0.4) is 0 Å². The Morgan fingerprint density at radius 1 is 1.56 bits per heavy atom. The summed E-state index contributed by atoms with van der Waals surface area (Å²) in [6.07, 6.45) is 0.755. The summed E-state index contributed by atoms with van der Waals surface area (Å²) in [6.45, 7) is 2.47. The number of nitrogens with one attached hydrogen (secondary N) is 1. The van der Waals surface area contributed by atoms with E-state index in [1.54, 1.807) is 19.2 Å². The molecule has 0 saturated heterocycles. The van der Waals surface area contributed by atoms with Gasteiger partial charge in [-0.15, -0.1) is 12.4 Å². The molecule has 0 aliphatic rings. The number of ether oxygens (including phenoxy) is 1. The first-order chi connectivity index (χ1) is 8.04. The molecule has 1 unspecified atom stereocenters. The number of amides is 1. The van der Waals surface area contributed by atoms with Gasteiger partial charge in [0.25, 0.3) is 5.91 Å². The van der Waals surface area contributed by atoms with Crippen molar-refractivity contribution in [1.29, 1.82) is 0 Å². The molecule has 1 aromatic rings. The van der Waals surface area contributed by atoms with E-state index in [-0.39, 0.29) is 24.4 Å². The molecule has 102 valence electrons. The molecule has 0 fully saturated rings. The van der Waals surface area contributed by atoms with Crippen molar-refractivity contribution in [1.82, 2.24) is 5.32 Å². The maximum Gasteiger partial charge on any atom is 0.255 e. The number of carbonyl (C=O) groups excluding carboxylic acids is 1. The average Bonchev–Trinajstić information content (AvgIpc) is 2.28. The minimum Gasteiger partial charge on any atom is -0.496 e. The molecule has 0 saturated carbocycles. The third-order valence-electron chi connectivity index (χ3n) is 2.29. The number of rotatable bonds is 5. The predicted molar refractivity (Wildman–Crippen MR) is 78.5 cm³/mol. The van der Waals surface area contributed by atoms with Crippen LogP contribution in [0.2, 0.25) is 0 Å². The van der Waals surface area contributed by atoms with Crippen molar-refractivity contribution in [2.24, 2.45) is 5.73 Å². The Morgan fingerprint density at radius 2 is 2.22 bits per heavy atom. The van der Waals surface area contributed by atoms with E-state index in [0.717, 1.165) is 10.9 Å². The van der Waals surface area contributed by atoms with Gasteiger partial charge < -0.3 is 15.8 Å². The fourth-order valence-corrected chi connectivity index (χ4v) is 1.70. The summed E-state index contributed by atoms with van der Waals surface area (Å²) >= 11 is 3.33. The van der Waals surface area contributed by atoms with Crippen molar-refractivity contribution in [3.05, 3.63) is 28.2 Å². The second-order valence-corrected chi connectivity index (χ2v) is 4.78. The van der Waals surface area contributed by atoms with E-state index in [1.165, 1.54) is 0 Å². The van der Waals surface area contributed by atoms with Crippen LogP contribution in [0.1, 0.15) is 23.7 Å². The van der Waals surface area contributed by atoms with Gasteiger partial charge in [-0.05, 0) is 31.5 Å². The first kappa shape index (κ1) is 17.2. The number of nitrogens with two attached hydrogens (primary N) is 1. The van der Waals surface area contributed by atoms with Crippen LogP contribution in [0, 0.1) is 0 Å². The number of carbonyl (C=O) groups is 1. The maximum absolute atomic E-state index is 11.9. The molecule has 6 heteroatoms. The van der Waals surface area contributed by atoms with Gasteiger partial charge in [-0.1, -0.05) is 15.9 Å². The van der Waals surface area contributed by atoms with Crippen LogP contribution in [-0.4, -0.2) is 25.6 Å². The molecule has 0 aliphatic heterocycles. The predicted octanol–water partition coefficient (Wildman–Crippen LogP) is 2.35. The quantitative estimate of drug-likeness (QED) is 0.867. The smallest absolute Gasteiger partial charge is 0.255 e. The van der Waals surface area contributed by atoms with Crippen molar-refractivity contribution in [3.63, 3.8) is 0 Å². The zero-order valence-electron chi connectivity index (χ0n) is 10.4. The van der Waals surface area contributed by atoms with Gasteiger partial charge in [-0.25, -0.2) is 0 Å². The van der Waals surface area contributed by atoms with E-state index in [9.17, 15) is 4.79 Å². The Bertz CT molecular complexity index is 400. The van der Waals surface area contributed by atoms with Crippen LogP contribution in [0.5, 0.6) is 5.75 Å². The summed E-state index contributed by atoms with van der Waals surface area (Å²) in [7, 11) is 1.54. The minimum atomic E-state index is -0.144. The monoisotopic (exact) mass is 336 g/mol. The molecule has 1 aromatic carbocycles. The largest absolute Gasteiger partial charge is 0.496 e. The molecule has 1 amide bonds. The molecule has 0 bridgehead atoms.